The van der Waals surface area contributed by atoms with Crippen LogP contribution >= 0.6 is 23.4 Å². The molecule has 0 unspecified atom stereocenters. The van der Waals surface area contributed by atoms with Crippen molar-refractivity contribution in [1.82, 2.24) is 4.90 Å². The monoisotopic (exact) mass is 597 g/mol. The number of carbonyl (C=O) groups excluding carboxylic acids is 3. The Balaban J connectivity index is 1.44. The van der Waals surface area contributed by atoms with E-state index >= 15 is 0 Å². The fourth-order valence-electron chi connectivity index (χ4n) is 3.80. The van der Waals surface area contributed by atoms with Crippen molar-refractivity contribution < 1.29 is 33.5 Å². The maximum atomic E-state index is 13.0. The van der Waals surface area contributed by atoms with Gasteiger partial charge in [-0.2, -0.15) is 0 Å². The van der Waals surface area contributed by atoms with Crippen LogP contribution in [-0.2, 0) is 16.2 Å². The molecule has 13 heteroatoms. The molecule has 41 heavy (non-hydrogen) atoms. The van der Waals surface area contributed by atoms with Crippen LogP contribution in [0.2, 0.25) is 5.02 Å². The normalized spacial score (nSPS) is 13.8. The van der Waals surface area contributed by atoms with E-state index in [-0.39, 0.29) is 17.2 Å². The molecule has 0 radical (unpaired) electrons. The fourth-order valence-corrected chi connectivity index (χ4v) is 4.89. The number of imide groups is 1. The number of amides is 3. The highest BCUT2D eigenvalue weighted by Crippen LogP contribution is 2.35. The highest BCUT2D eigenvalue weighted by molar-refractivity contribution is 8.18. The van der Waals surface area contributed by atoms with Crippen molar-refractivity contribution in [3.05, 3.63) is 91.8 Å². The first-order valence-electron chi connectivity index (χ1n) is 12.2. The van der Waals surface area contributed by atoms with Gasteiger partial charge in [-0.25, -0.2) is 0 Å². The van der Waals surface area contributed by atoms with E-state index in [9.17, 15) is 24.5 Å². The molecule has 1 aliphatic heterocycles. The van der Waals surface area contributed by atoms with E-state index in [1.807, 2.05) is 0 Å². The van der Waals surface area contributed by atoms with Crippen molar-refractivity contribution in [3.8, 4) is 17.2 Å². The number of hydrogen-bond donors (Lipinski definition) is 1. The first-order chi connectivity index (χ1) is 19.7. The first-order valence-corrected chi connectivity index (χ1v) is 13.4. The standard InChI is InChI=1S/C28H24ClN3O8S/c1-3-39-24-12-17(7-9-23(24)40-16-18-5-4-6-20(11-18)32(36)37)13-25-27(34)31(28(35)41-25)15-26(33)30-19-8-10-22(38-2)21(29)14-19/h4-14H,3,15-16H2,1-2H3,(H,30,33)/b25-13+. The van der Waals surface area contributed by atoms with Crippen LogP contribution in [0.4, 0.5) is 16.2 Å². The topological polar surface area (TPSA) is 137 Å². The second kappa shape index (κ2) is 13.2. The molecule has 1 saturated heterocycles. The number of ether oxygens (including phenoxy) is 3. The minimum absolute atomic E-state index is 0.0389. The van der Waals surface area contributed by atoms with Gasteiger partial charge in [0.15, 0.2) is 11.5 Å². The Bertz CT molecular complexity index is 1540. The van der Waals surface area contributed by atoms with Gasteiger partial charge in [0.05, 0.1) is 28.6 Å². The fraction of sp³-hybridized carbons (Fsp3) is 0.179. The first kappa shape index (κ1) is 29.4. The molecule has 3 aromatic carbocycles. The lowest BCUT2D eigenvalue weighted by atomic mass is 10.1. The minimum atomic E-state index is -0.605. The molecule has 0 spiro atoms. The molecule has 212 valence electrons. The Morgan fingerprint density at radius 2 is 1.85 bits per heavy atom. The zero-order chi connectivity index (χ0) is 29.5. The van der Waals surface area contributed by atoms with Gasteiger partial charge in [0.25, 0.3) is 16.8 Å². The molecule has 0 bridgehead atoms. The number of anilines is 1. The number of thioether (sulfide) groups is 1. The van der Waals surface area contributed by atoms with E-state index in [4.69, 9.17) is 25.8 Å². The van der Waals surface area contributed by atoms with Crippen LogP contribution in [0.1, 0.15) is 18.1 Å². The zero-order valence-electron chi connectivity index (χ0n) is 21.9. The smallest absolute Gasteiger partial charge is 0.294 e. The van der Waals surface area contributed by atoms with E-state index in [1.54, 1.807) is 49.4 Å². The van der Waals surface area contributed by atoms with Gasteiger partial charge in [0.2, 0.25) is 5.91 Å². The number of halogens is 1. The number of benzene rings is 3. The zero-order valence-corrected chi connectivity index (χ0v) is 23.5. The van der Waals surface area contributed by atoms with Gasteiger partial charge in [-0.1, -0.05) is 29.8 Å². The predicted molar refractivity (Wildman–Crippen MR) is 154 cm³/mol. The van der Waals surface area contributed by atoms with Gasteiger partial charge < -0.3 is 19.5 Å². The summed E-state index contributed by atoms with van der Waals surface area (Å²) in [4.78, 5) is 49.6. The summed E-state index contributed by atoms with van der Waals surface area (Å²) in [5, 5.41) is 13.4. The van der Waals surface area contributed by atoms with Gasteiger partial charge in [0, 0.05) is 17.8 Å². The highest BCUT2D eigenvalue weighted by atomic mass is 35.5. The van der Waals surface area contributed by atoms with Gasteiger partial charge in [-0.3, -0.25) is 29.4 Å². The lowest BCUT2D eigenvalue weighted by molar-refractivity contribution is -0.384. The summed E-state index contributed by atoms with van der Waals surface area (Å²) < 4.78 is 16.6. The molecule has 1 heterocycles. The van der Waals surface area contributed by atoms with Crippen LogP contribution < -0.4 is 19.5 Å². The third kappa shape index (κ3) is 7.35. The summed E-state index contributed by atoms with van der Waals surface area (Å²) in [6.07, 6.45) is 1.53. The van der Waals surface area contributed by atoms with Crippen molar-refractivity contribution >= 4 is 57.9 Å². The van der Waals surface area contributed by atoms with Crippen LogP contribution in [0.3, 0.4) is 0 Å². The lowest BCUT2D eigenvalue weighted by Crippen LogP contribution is -2.36. The quantitative estimate of drug-likeness (QED) is 0.162. The molecule has 0 saturated carbocycles. The third-order valence-corrected chi connectivity index (χ3v) is 6.89. The van der Waals surface area contributed by atoms with E-state index in [0.717, 1.165) is 16.7 Å². The van der Waals surface area contributed by atoms with Crippen LogP contribution in [0.5, 0.6) is 17.2 Å². The molecular formula is C28H24ClN3O8S. The molecule has 1 fully saturated rings. The number of rotatable bonds is 11. The summed E-state index contributed by atoms with van der Waals surface area (Å²) in [6, 6.07) is 15.8. The highest BCUT2D eigenvalue weighted by Gasteiger charge is 2.36. The summed E-state index contributed by atoms with van der Waals surface area (Å²) in [7, 11) is 1.47. The number of hydrogen-bond acceptors (Lipinski definition) is 9. The molecule has 11 nitrogen and oxygen atoms in total. The molecule has 0 aliphatic carbocycles. The Morgan fingerprint density at radius 3 is 2.56 bits per heavy atom. The molecule has 0 atom stereocenters. The second-order valence-corrected chi connectivity index (χ2v) is 9.92. The van der Waals surface area contributed by atoms with Crippen molar-refractivity contribution in [1.29, 1.82) is 0 Å². The van der Waals surface area contributed by atoms with Gasteiger partial charge in [-0.05, 0) is 66.2 Å². The van der Waals surface area contributed by atoms with Gasteiger partial charge >= 0.3 is 0 Å². The summed E-state index contributed by atoms with van der Waals surface area (Å²) in [6.45, 7) is 1.74. The van der Waals surface area contributed by atoms with Gasteiger partial charge in [0.1, 0.15) is 18.9 Å². The molecule has 3 amide bonds. The average Bonchev–Trinajstić information content (AvgIpc) is 3.20. The average molecular weight is 598 g/mol. The minimum Gasteiger partial charge on any atom is -0.495 e. The number of nitrogens with one attached hydrogen (secondary N) is 1. The van der Waals surface area contributed by atoms with Crippen LogP contribution in [0.15, 0.2) is 65.6 Å². The summed E-state index contributed by atoms with van der Waals surface area (Å²) >= 11 is 6.80. The second-order valence-electron chi connectivity index (χ2n) is 8.52. The number of non-ortho nitro benzene ring substituents is 1. The largest absolute Gasteiger partial charge is 0.495 e. The van der Waals surface area contributed by atoms with Gasteiger partial charge in [-0.15, -0.1) is 0 Å². The van der Waals surface area contributed by atoms with E-state index in [1.165, 1.54) is 31.4 Å². The van der Waals surface area contributed by atoms with E-state index in [2.05, 4.69) is 5.32 Å². The molecular weight excluding hydrogens is 574 g/mol. The molecule has 1 aliphatic rings. The van der Waals surface area contributed by atoms with Crippen molar-refractivity contribution in [3.63, 3.8) is 0 Å². The number of carbonyl (C=O) groups is 3. The van der Waals surface area contributed by atoms with E-state index in [0.29, 0.717) is 45.7 Å². The van der Waals surface area contributed by atoms with Crippen LogP contribution in [0.25, 0.3) is 6.08 Å². The number of nitro groups is 1. The SMILES string of the molecule is CCOc1cc(/C=C2/SC(=O)N(CC(=O)Nc3ccc(OC)c(Cl)c3)C2=O)ccc1OCc1cccc([N+](=O)[O-])c1. The number of nitro benzene ring substituents is 1. The summed E-state index contributed by atoms with van der Waals surface area (Å²) in [5.74, 6) is 0.0585. The molecule has 3 aromatic rings. The Morgan fingerprint density at radius 1 is 1.07 bits per heavy atom. The molecule has 1 N–H and O–H groups in total. The summed E-state index contributed by atoms with van der Waals surface area (Å²) in [5.41, 5.74) is 1.53. The van der Waals surface area contributed by atoms with Crippen LogP contribution in [-0.4, -0.2) is 47.1 Å². The Hall–Kier alpha value is -4.55. The molecule has 0 aromatic heterocycles. The lowest BCUT2D eigenvalue weighted by Gasteiger charge is -2.13. The van der Waals surface area contributed by atoms with Crippen molar-refractivity contribution in [2.75, 3.05) is 25.6 Å². The Kier molecular flexibility index (Phi) is 9.48. The Labute approximate surface area is 244 Å². The predicted octanol–water partition coefficient (Wildman–Crippen LogP) is 5.91. The number of nitrogens with zero attached hydrogens (tertiary/aromatic N) is 2. The van der Waals surface area contributed by atoms with Crippen LogP contribution in [0, 0.1) is 10.1 Å². The van der Waals surface area contributed by atoms with E-state index < -0.39 is 28.5 Å². The maximum Gasteiger partial charge on any atom is 0.294 e. The molecule has 4 rings (SSSR count). The van der Waals surface area contributed by atoms with Crippen molar-refractivity contribution in [2.24, 2.45) is 0 Å². The maximum absolute atomic E-state index is 13.0. The van der Waals surface area contributed by atoms with Crippen molar-refractivity contribution in [2.45, 2.75) is 13.5 Å². The third-order valence-electron chi connectivity index (χ3n) is 5.69. The number of methoxy groups -OCH3 is 1.